The second-order valence-corrected chi connectivity index (χ2v) is 14.7. The molecule has 0 aliphatic rings. The number of allylic oxidation sites excluding steroid dienone is 8. The first-order valence-electron chi connectivity index (χ1n) is 19.3. The molecule has 0 fully saturated rings. The predicted octanol–water partition coefficient (Wildman–Crippen LogP) is 11.1. The van der Waals surface area contributed by atoms with Gasteiger partial charge in [0.15, 0.2) is 0 Å². The Balaban J connectivity index is 3.88. The van der Waals surface area contributed by atoms with Crippen LogP contribution in [0, 0.1) is 0 Å². The molecule has 2 atom stereocenters. The van der Waals surface area contributed by atoms with E-state index < -0.39 is 28.0 Å². The fraction of sp³-hybridized carbons (Fsp3) is 0.775. The van der Waals surface area contributed by atoms with Crippen molar-refractivity contribution >= 4 is 16.0 Å². The molecule has 0 heterocycles. The van der Waals surface area contributed by atoms with E-state index in [1.54, 1.807) is 0 Å². The van der Waals surface area contributed by atoms with Gasteiger partial charge in [-0.05, 0) is 51.4 Å². The van der Waals surface area contributed by atoms with Crippen LogP contribution >= 0.6 is 0 Å². The largest absolute Gasteiger partial charge is 0.391 e. The number of hydrogen-bond acceptors (Lipinski definition) is 4. The summed E-state index contributed by atoms with van der Waals surface area (Å²) < 4.78 is 32.4. The molecule has 0 bridgehead atoms. The molecule has 2 unspecified atom stereocenters. The van der Waals surface area contributed by atoms with Crippen LogP contribution in [-0.4, -0.2) is 41.9 Å². The molecule has 1 amide bonds. The highest BCUT2D eigenvalue weighted by atomic mass is 32.2. The van der Waals surface area contributed by atoms with Crippen molar-refractivity contribution in [2.45, 2.75) is 193 Å². The first-order valence-corrected chi connectivity index (χ1v) is 20.9. The van der Waals surface area contributed by atoms with Crippen molar-refractivity contribution in [3.05, 3.63) is 48.6 Å². The van der Waals surface area contributed by atoms with Gasteiger partial charge in [-0.3, -0.25) is 9.35 Å². The molecule has 7 heteroatoms. The molecular formula is C40H73NO5S. The summed E-state index contributed by atoms with van der Waals surface area (Å²) in [4.78, 5) is 12.5. The highest BCUT2D eigenvalue weighted by Crippen LogP contribution is 2.15. The van der Waals surface area contributed by atoms with Gasteiger partial charge in [-0.15, -0.1) is 0 Å². The van der Waals surface area contributed by atoms with Crippen LogP contribution < -0.4 is 5.32 Å². The van der Waals surface area contributed by atoms with E-state index in [1.165, 1.54) is 77.0 Å². The fourth-order valence-corrected chi connectivity index (χ4v) is 6.44. The molecule has 47 heavy (non-hydrogen) atoms. The number of carbonyl (C=O) groups is 1. The molecule has 0 radical (unpaired) electrons. The third kappa shape index (κ3) is 35.4. The Morgan fingerprint density at radius 3 is 1.51 bits per heavy atom. The third-order valence-electron chi connectivity index (χ3n) is 8.55. The maximum absolute atomic E-state index is 12.5. The summed E-state index contributed by atoms with van der Waals surface area (Å²) in [6.07, 6.45) is 44.9. The topological polar surface area (TPSA) is 104 Å². The van der Waals surface area contributed by atoms with Crippen LogP contribution in [0.25, 0.3) is 0 Å². The minimum atomic E-state index is -4.31. The molecule has 0 rings (SSSR count). The first-order chi connectivity index (χ1) is 22.8. The van der Waals surface area contributed by atoms with Crippen LogP contribution in [0.1, 0.15) is 181 Å². The summed E-state index contributed by atoms with van der Waals surface area (Å²) in [5.41, 5.74) is 0. The zero-order valence-corrected chi connectivity index (χ0v) is 31.2. The Hall–Kier alpha value is -1.70. The number of aliphatic hydroxyl groups excluding tert-OH is 1. The maximum atomic E-state index is 12.5. The van der Waals surface area contributed by atoms with Crippen LogP contribution in [0.15, 0.2) is 48.6 Å². The van der Waals surface area contributed by atoms with Gasteiger partial charge in [-0.25, -0.2) is 0 Å². The summed E-state index contributed by atoms with van der Waals surface area (Å²) in [5, 5.41) is 13.3. The predicted molar refractivity (Wildman–Crippen MR) is 202 cm³/mol. The van der Waals surface area contributed by atoms with Gasteiger partial charge < -0.3 is 10.4 Å². The zero-order chi connectivity index (χ0) is 34.7. The van der Waals surface area contributed by atoms with Gasteiger partial charge in [0.2, 0.25) is 5.91 Å². The van der Waals surface area contributed by atoms with E-state index in [0.717, 1.165) is 77.0 Å². The summed E-state index contributed by atoms with van der Waals surface area (Å²) in [6.45, 7) is 4.38. The smallest absolute Gasteiger partial charge is 0.266 e. The Morgan fingerprint density at radius 2 is 1.02 bits per heavy atom. The van der Waals surface area contributed by atoms with E-state index in [2.05, 4.69) is 67.8 Å². The second-order valence-electron chi connectivity index (χ2n) is 13.2. The molecule has 0 saturated carbocycles. The fourth-order valence-electron chi connectivity index (χ4n) is 5.68. The number of hydrogen-bond donors (Lipinski definition) is 3. The maximum Gasteiger partial charge on any atom is 0.266 e. The molecule has 6 nitrogen and oxygen atoms in total. The third-order valence-corrected chi connectivity index (χ3v) is 9.33. The van der Waals surface area contributed by atoms with Crippen molar-refractivity contribution in [3.63, 3.8) is 0 Å². The van der Waals surface area contributed by atoms with Gasteiger partial charge in [0, 0.05) is 6.42 Å². The highest BCUT2D eigenvalue weighted by Gasteiger charge is 2.26. The minimum Gasteiger partial charge on any atom is -0.391 e. The molecule has 0 saturated heterocycles. The first kappa shape index (κ1) is 45.3. The SMILES string of the molecule is CC/C=C\C/C=C\C/C=C\C/C=C\CCCCCCCCCCC(=O)NC(CS(=O)(=O)O)C(O)CCCCCCCCCCCCC. The molecule has 0 aromatic heterocycles. The van der Waals surface area contributed by atoms with Crippen molar-refractivity contribution in [2.75, 3.05) is 5.75 Å². The lowest BCUT2D eigenvalue weighted by molar-refractivity contribution is -0.122. The van der Waals surface area contributed by atoms with E-state index >= 15 is 0 Å². The number of carbonyl (C=O) groups excluding carboxylic acids is 1. The lowest BCUT2D eigenvalue weighted by atomic mass is 10.0. The van der Waals surface area contributed by atoms with Crippen molar-refractivity contribution in [2.24, 2.45) is 0 Å². The second kappa shape index (κ2) is 34.2. The Bertz CT molecular complexity index is 925. The van der Waals surface area contributed by atoms with E-state index in [-0.39, 0.29) is 5.91 Å². The summed E-state index contributed by atoms with van der Waals surface area (Å²) >= 11 is 0. The average molecular weight is 680 g/mol. The molecule has 0 aliphatic carbocycles. The normalized spacial score (nSPS) is 13.9. The summed E-state index contributed by atoms with van der Waals surface area (Å²) in [5.74, 6) is -0.910. The van der Waals surface area contributed by atoms with Crippen LogP contribution in [-0.2, 0) is 14.9 Å². The Morgan fingerprint density at radius 1 is 0.596 bits per heavy atom. The number of amides is 1. The molecule has 0 aromatic carbocycles. The van der Waals surface area contributed by atoms with Gasteiger partial charge in [0.25, 0.3) is 10.1 Å². The van der Waals surface area contributed by atoms with Crippen molar-refractivity contribution in [3.8, 4) is 0 Å². The van der Waals surface area contributed by atoms with Crippen LogP contribution in [0.2, 0.25) is 0 Å². The molecule has 0 aliphatic heterocycles. The lowest BCUT2D eigenvalue weighted by Gasteiger charge is -2.23. The van der Waals surface area contributed by atoms with Crippen molar-refractivity contribution < 1.29 is 22.9 Å². The Labute approximate surface area is 290 Å². The number of nitrogens with one attached hydrogen (secondary N) is 1. The molecule has 0 spiro atoms. The van der Waals surface area contributed by atoms with Gasteiger partial charge in [-0.1, -0.05) is 172 Å². The van der Waals surface area contributed by atoms with Gasteiger partial charge in [0.05, 0.1) is 17.9 Å². The van der Waals surface area contributed by atoms with E-state index in [1.807, 2.05) is 0 Å². The monoisotopic (exact) mass is 680 g/mol. The number of aliphatic hydroxyl groups is 1. The van der Waals surface area contributed by atoms with Crippen LogP contribution in [0.4, 0.5) is 0 Å². The van der Waals surface area contributed by atoms with Gasteiger partial charge in [0.1, 0.15) is 0 Å². The van der Waals surface area contributed by atoms with E-state index in [0.29, 0.717) is 12.8 Å². The molecule has 274 valence electrons. The standard InChI is InChI=1S/C40H73NO5S/c1-3-5-7-9-11-13-15-16-17-18-19-20-21-22-23-24-26-28-30-32-34-36-40(43)41-38(37-47(44,45)46)39(42)35-33-31-29-27-25-14-12-10-8-6-4-2/h5,7,11,13,16-17,19-20,38-39,42H,3-4,6,8-10,12,14-15,18,21-37H2,1-2H3,(H,41,43)(H,44,45,46)/b7-5-,13-11-,17-16-,20-19-. The lowest BCUT2D eigenvalue weighted by Crippen LogP contribution is -2.47. The highest BCUT2D eigenvalue weighted by molar-refractivity contribution is 7.85. The summed E-state index contributed by atoms with van der Waals surface area (Å²) in [6, 6.07) is -0.975. The zero-order valence-electron chi connectivity index (χ0n) is 30.4. The number of rotatable bonds is 34. The van der Waals surface area contributed by atoms with Crippen LogP contribution in [0.5, 0.6) is 0 Å². The Kier molecular flexibility index (Phi) is 32.9. The van der Waals surface area contributed by atoms with Gasteiger partial charge in [-0.2, -0.15) is 8.42 Å². The van der Waals surface area contributed by atoms with Crippen LogP contribution in [0.3, 0.4) is 0 Å². The number of unbranched alkanes of at least 4 members (excludes halogenated alkanes) is 18. The van der Waals surface area contributed by atoms with Crippen molar-refractivity contribution in [1.82, 2.24) is 5.32 Å². The molecule has 0 aromatic rings. The summed E-state index contributed by atoms with van der Waals surface area (Å²) in [7, 11) is -4.31. The van der Waals surface area contributed by atoms with E-state index in [4.69, 9.17) is 0 Å². The minimum absolute atomic E-state index is 0.257. The quantitative estimate of drug-likeness (QED) is 0.0357. The van der Waals surface area contributed by atoms with E-state index in [9.17, 15) is 22.9 Å². The van der Waals surface area contributed by atoms with Crippen molar-refractivity contribution in [1.29, 1.82) is 0 Å². The molecular weight excluding hydrogens is 607 g/mol. The molecule has 3 N–H and O–H groups in total. The van der Waals surface area contributed by atoms with Gasteiger partial charge >= 0.3 is 0 Å². The average Bonchev–Trinajstić information content (AvgIpc) is 3.03.